The normalized spacial score (nSPS) is 28.2. The number of carbonyl (C=O) groups excluding carboxylic acids is 1. The number of ether oxygens (including phenoxy) is 1. The molecule has 0 aromatic heterocycles. The van der Waals surface area contributed by atoms with Gasteiger partial charge in [0.25, 0.3) is 0 Å². The molecule has 8 heteroatoms. The Labute approximate surface area is 189 Å². The van der Waals surface area contributed by atoms with Crippen LogP contribution in [0.2, 0.25) is 0 Å². The Morgan fingerprint density at radius 3 is 2.19 bits per heavy atom. The van der Waals surface area contributed by atoms with Crippen molar-refractivity contribution in [2.45, 2.75) is 56.3 Å². The third-order valence-electron chi connectivity index (χ3n) is 7.77. The summed E-state index contributed by atoms with van der Waals surface area (Å²) < 4.78 is 44.4. The number of halogens is 1. The van der Waals surface area contributed by atoms with E-state index in [1.165, 1.54) is 0 Å². The molecule has 32 heavy (non-hydrogen) atoms. The summed E-state index contributed by atoms with van der Waals surface area (Å²) in [5.74, 6) is 0.897. The highest BCUT2D eigenvalue weighted by Crippen LogP contribution is 2.58. The van der Waals surface area contributed by atoms with Crippen LogP contribution in [0.3, 0.4) is 0 Å². The third kappa shape index (κ3) is 4.57. The van der Waals surface area contributed by atoms with Gasteiger partial charge in [0.2, 0.25) is 5.91 Å². The Hall–Kier alpha value is -1.93. The van der Waals surface area contributed by atoms with Gasteiger partial charge in [-0.05, 0) is 81.0 Å². The van der Waals surface area contributed by atoms with Crippen LogP contribution in [0.4, 0.5) is 4.39 Å². The fraction of sp³-hybridized carbons (Fsp3) is 0.625. The molecule has 1 amide bonds. The number of amides is 1. The van der Waals surface area contributed by atoms with Crippen LogP contribution >= 0.6 is 0 Å². The van der Waals surface area contributed by atoms with Gasteiger partial charge in [0, 0.05) is 30.6 Å². The average Bonchev–Trinajstić information content (AvgIpc) is 3.35. The van der Waals surface area contributed by atoms with Crippen molar-refractivity contribution in [3.63, 3.8) is 0 Å². The largest absolute Gasteiger partial charge is 0.489 e. The number of sulfone groups is 1. The number of rotatable bonds is 8. The van der Waals surface area contributed by atoms with Crippen molar-refractivity contribution in [2.24, 2.45) is 16.6 Å². The number of hydrogen-bond acceptors (Lipinski definition) is 5. The van der Waals surface area contributed by atoms with Crippen molar-refractivity contribution in [2.75, 3.05) is 32.0 Å². The molecule has 1 heterocycles. The molecule has 2 N–H and O–H groups in total. The molecule has 0 spiro atoms. The summed E-state index contributed by atoms with van der Waals surface area (Å²) in [5.41, 5.74) is 5.25. The summed E-state index contributed by atoms with van der Waals surface area (Å²) in [6.45, 7) is 1.84. The minimum absolute atomic E-state index is 0.0279. The highest BCUT2D eigenvalue weighted by molar-refractivity contribution is 7.91. The van der Waals surface area contributed by atoms with Crippen LogP contribution in [0.15, 0.2) is 41.1 Å². The molecule has 0 atom stereocenters. The van der Waals surface area contributed by atoms with Gasteiger partial charge in [-0.3, -0.25) is 4.79 Å². The van der Waals surface area contributed by atoms with Crippen LogP contribution in [-0.2, 0) is 14.6 Å². The maximum absolute atomic E-state index is 13.2. The molecule has 4 fully saturated rings. The van der Waals surface area contributed by atoms with Crippen LogP contribution < -0.4 is 10.5 Å². The van der Waals surface area contributed by atoms with Crippen molar-refractivity contribution < 1.29 is 22.3 Å². The average molecular weight is 465 g/mol. The summed E-state index contributed by atoms with van der Waals surface area (Å²) in [7, 11) is -3.46. The molecule has 4 aliphatic rings. The summed E-state index contributed by atoms with van der Waals surface area (Å²) in [6.07, 6.45) is 7.41. The van der Waals surface area contributed by atoms with Crippen molar-refractivity contribution in [1.82, 2.24) is 4.90 Å². The Morgan fingerprint density at radius 1 is 1.06 bits per heavy atom. The lowest BCUT2D eigenvalue weighted by atomic mass is 9.54. The minimum atomic E-state index is -3.46. The quantitative estimate of drug-likeness (QED) is 0.635. The number of benzene rings is 1. The second kappa shape index (κ2) is 9.14. The van der Waals surface area contributed by atoms with Crippen molar-refractivity contribution >= 4 is 15.7 Å². The molecule has 1 aromatic carbocycles. The van der Waals surface area contributed by atoms with E-state index in [0.29, 0.717) is 23.6 Å². The maximum Gasteiger partial charge on any atom is 0.228 e. The van der Waals surface area contributed by atoms with Gasteiger partial charge in [0.15, 0.2) is 9.84 Å². The van der Waals surface area contributed by atoms with Gasteiger partial charge in [0.05, 0.1) is 17.0 Å². The van der Waals surface area contributed by atoms with E-state index in [9.17, 15) is 17.6 Å². The smallest absolute Gasteiger partial charge is 0.228 e. The molecule has 0 radical (unpaired) electrons. The fourth-order valence-electron chi connectivity index (χ4n) is 5.60. The zero-order chi connectivity index (χ0) is 22.8. The number of likely N-dealkylation sites (tertiary alicyclic amines) is 1. The Bertz CT molecular complexity index is 944. The molecule has 5 rings (SSSR count). The van der Waals surface area contributed by atoms with Crippen molar-refractivity contribution in [1.29, 1.82) is 0 Å². The molecule has 1 aliphatic heterocycles. The lowest BCUT2D eigenvalue weighted by Crippen LogP contribution is -2.52. The summed E-state index contributed by atoms with van der Waals surface area (Å²) in [5, 5.41) is 0. The topological polar surface area (TPSA) is 89.7 Å². The first-order chi connectivity index (χ1) is 15.3. The molecule has 3 saturated carbocycles. The Kier molecular flexibility index (Phi) is 6.63. The van der Waals surface area contributed by atoms with E-state index in [2.05, 4.69) is 0 Å². The van der Waals surface area contributed by atoms with Gasteiger partial charge < -0.3 is 15.4 Å². The maximum atomic E-state index is 13.2. The number of nitrogens with two attached hydrogens (primary N) is 1. The van der Waals surface area contributed by atoms with Crippen LogP contribution in [-0.4, -0.2) is 51.2 Å². The predicted octanol–water partition coefficient (Wildman–Crippen LogP) is 3.61. The Morgan fingerprint density at radius 2 is 1.66 bits per heavy atom. The molecule has 6 nitrogen and oxygen atoms in total. The van der Waals surface area contributed by atoms with Crippen molar-refractivity contribution in [3.05, 3.63) is 36.2 Å². The van der Waals surface area contributed by atoms with E-state index in [0.717, 1.165) is 64.5 Å². The minimum Gasteiger partial charge on any atom is -0.489 e. The number of carbonyl (C=O) groups is 1. The van der Waals surface area contributed by atoms with Crippen LogP contribution in [0.25, 0.3) is 0 Å². The van der Waals surface area contributed by atoms with Gasteiger partial charge in [-0.15, -0.1) is 0 Å². The predicted molar refractivity (Wildman–Crippen MR) is 121 cm³/mol. The van der Waals surface area contributed by atoms with E-state index < -0.39 is 9.84 Å². The molecule has 2 bridgehead atoms. The molecular formula is C24H33FN2O4S. The first-order valence-electron chi connectivity index (χ1n) is 11.5. The molecule has 1 saturated heterocycles. The highest BCUT2D eigenvalue weighted by atomic mass is 32.2. The van der Waals surface area contributed by atoms with Gasteiger partial charge >= 0.3 is 0 Å². The lowest BCUT2D eigenvalue weighted by Gasteiger charge is -2.53. The second-order valence-corrected chi connectivity index (χ2v) is 11.8. The summed E-state index contributed by atoms with van der Waals surface area (Å²) >= 11 is 0. The monoisotopic (exact) mass is 464 g/mol. The number of hydrogen-bond donors (Lipinski definition) is 1. The van der Waals surface area contributed by atoms with E-state index >= 15 is 0 Å². The van der Waals surface area contributed by atoms with Gasteiger partial charge in [-0.2, -0.15) is 0 Å². The standard InChI is InChI=1S/C24H33FN2O4S/c25-15-19(16-26)17-31-20-3-5-21(6-4-20)32(29,30)18-23-7-10-24(11-8-23,12-9-23)22(28)27-13-1-2-14-27/h3-6,15H,1-2,7-14,16-18,26H2/b19-15+. The van der Waals surface area contributed by atoms with Crippen molar-refractivity contribution in [3.8, 4) is 5.75 Å². The van der Waals surface area contributed by atoms with Gasteiger partial charge in [0.1, 0.15) is 12.4 Å². The Balaban J connectivity index is 1.38. The van der Waals surface area contributed by atoms with Crippen LogP contribution in [0.1, 0.15) is 51.4 Å². The first-order valence-corrected chi connectivity index (χ1v) is 13.2. The SMILES string of the molecule is NC/C(=C\F)COc1ccc(S(=O)(=O)CC23CCC(C(=O)N4CCCC4)(CC2)CC3)cc1. The molecule has 3 aliphatic carbocycles. The summed E-state index contributed by atoms with van der Waals surface area (Å²) in [4.78, 5) is 15.4. The van der Waals surface area contributed by atoms with Crippen LogP contribution in [0.5, 0.6) is 5.75 Å². The van der Waals surface area contributed by atoms with E-state index in [-0.39, 0.29) is 34.6 Å². The van der Waals surface area contributed by atoms with E-state index in [1.54, 1.807) is 24.3 Å². The van der Waals surface area contributed by atoms with Gasteiger partial charge in [-0.25, -0.2) is 12.8 Å². The summed E-state index contributed by atoms with van der Waals surface area (Å²) in [6, 6.07) is 6.29. The number of nitrogens with zero attached hydrogens (tertiary/aromatic N) is 1. The zero-order valence-corrected chi connectivity index (χ0v) is 19.3. The highest BCUT2D eigenvalue weighted by Gasteiger charge is 2.54. The van der Waals surface area contributed by atoms with E-state index in [4.69, 9.17) is 10.5 Å². The molecule has 176 valence electrons. The lowest BCUT2D eigenvalue weighted by molar-refractivity contribution is -0.150. The zero-order valence-electron chi connectivity index (χ0n) is 18.5. The molecule has 1 aromatic rings. The second-order valence-electron chi connectivity index (χ2n) is 9.77. The molecular weight excluding hydrogens is 431 g/mol. The van der Waals surface area contributed by atoms with Crippen LogP contribution in [0, 0.1) is 10.8 Å². The number of fused-ring (bicyclic) bond motifs is 3. The third-order valence-corrected chi connectivity index (χ3v) is 9.75. The van der Waals surface area contributed by atoms with Gasteiger partial charge in [-0.1, -0.05) is 0 Å². The van der Waals surface area contributed by atoms with E-state index in [1.807, 2.05) is 4.90 Å². The molecule has 0 unspecified atom stereocenters. The fourth-order valence-corrected chi connectivity index (χ4v) is 7.55. The first kappa shape index (κ1) is 23.2.